The monoisotopic (exact) mass is 734 g/mol. The zero-order valence-electron chi connectivity index (χ0n) is 30.6. The number of aromatic nitrogens is 1. The number of amides is 5. The SMILES string of the molecule is CC[C@H](C)[C@H](NC(=O)[C@H](CC(=O)O)NC(=O)[C@H](CC(C)C)NC(=O)[C@@H](Cc1ccccc1)NC(C)=O)C(=O)N[C@@H](Cc1c[nH]c2ccccc12)C(=O)O. The average Bonchev–Trinajstić information content (AvgIpc) is 3.51. The van der Waals surface area contributed by atoms with E-state index >= 15 is 0 Å². The van der Waals surface area contributed by atoms with Crippen molar-refractivity contribution in [3.8, 4) is 0 Å². The van der Waals surface area contributed by atoms with E-state index in [9.17, 15) is 43.8 Å². The number of carboxylic acids is 2. The molecule has 6 atom stereocenters. The third-order valence-corrected chi connectivity index (χ3v) is 8.84. The first-order valence-electron chi connectivity index (χ1n) is 17.6. The molecule has 15 nitrogen and oxygen atoms in total. The number of carboxylic acid groups (broad SMARTS) is 2. The number of carbonyl (C=O) groups is 7. The van der Waals surface area contributed by atoms with Gasteiger partial charge in [0.1, 0.15) is 30.2 Å². The van der Waals surface area contributed by atoms with Crippen LogP contribution in [0.25, 0.3) is 10.9 Å². The minimum absolute atomic E-state index is 0.0545. The number of H-pyrrole nitrogens is 1. The largest absolute Gasteiger partial charge is 0.481 e. The zero-order valence-corrected chi connectivity index (χ0v) is 30.6. The second-order valence-electron chi connectivity index (χ2n) is 13.6. The van der Waals surface area contributed by atoms with E-state index in [1.165, 1.54) is 6.92 Å². The third kappa shape index (κ3) is 12.8. The van der Waals surface area contributed by atoms with E-state index in [2.05, 4.69) is 31.6 Å². The number of rotatable bonds is 20. The van der Waals surface area contributed by atoms with Gasteiger partial charge in [0.05, 0.1) is 6.42 Å². The number of carbonyl (C=O) groups excluding carboxylic acids is 5. The first-order valence-corrected chi connectivity index (χ1v) is 17.6. The van der Waals surface area contributed by atoms with E-state index < -0.39 is 84.0 Å². The van der Waals surface area contributed by atoms with Gasteiger partial charge in [-0.05, 0) is 35.4 Å². The zero-order chi connectivity index (χ0) is 39.2. The van der Waals surface area contributed by atoms with Crippen LogP contribution in [-0.4, -0.2) is 86.9 Å². The second kappa shape index (κ2) is 19.8. The normalized spacial score (nSPS) is 14.5. The maximum Gasteiger partial charge on any atom is 0.326 e. The lowest BCUT2D eigenvalue weighted by atomic mass is 9.96. The highest BCUT2D eigenvalue weighted by Crippen LogP contribution is 2.20. The van der Waals surface area contributed by atoms with Crippen LogP contribution < -0.4 is 26.6 Å². The Labute approximate surface area is 308 Å². The van der Waals surface area contributed by atoms with E-state index in [1.54, 1.807) is 64.2 Å². The van der Waals surface area contributed by atoms with E-state index in [0.717, 1.165) is 16.5 Å². The number of fused-ring (bicyclic) bond motifs is 1. The van der Waals surface area contributed by atoms with Gasteiger partial charge in [0.25, 0.3) is 0 Å². The van der Waals surface area contributed by atoms with Crippen molar-refractivity contribution in [3.63, 3.8) is 0 Å². The first kappa shape index (κ1) is 41.7. The number of para-hydroxylation sites is 1. The lowest BCUT2D eigenvalue weighted by molar-refractivity contribution is -0.143. The molecule has 5 amide bonds. The fourth-order valence-corrected chi connectivity index (χ4v) is 5.87. The summed E-state index contributed by atoms with van der Waals surface area (Å²) in [4.78, 5) is 93.5. The number of aliphatic carboxylic acids is 2. The number of hydrogen-bond acceptors (Lipinski definition) is 7. The molecule has 15 heteroatoms. The molecule has 0 bridgehead atoms. The Morgan fingerprint density at radius 2 is 1.26 bits per heavy atom. The van der Waals surface area contributed by atoms with Gasteiger partial charge in [-0.25, -0.2) is 4.79 Å². The van der Waals surface area contributed by atoms with Crippen molar-refractivity contribution in [2.24, 2.45) is 11.8 Å². The first-order chi connectivity index (χ1) is 25.1. The third-order valence-electron chi connectivity index (χ3n) is 8.84. The van der Waals surface area contributed by atoms with E-state index in [4.69, 9.17) is 0 Å². The lowest BCUT2D eigenvalue weighted by Gasteiger charge is -2.28. The number of benzene rings is 2. The Bertz CT molecular complexity index is 1760. The standard InChI is InChI=1S/C38H50N6O9/c1-6-22(4)33(37(51)43-31(38(52)53)18-25-20-39-27-15-11-10-14-26(25)27)44-36(50)30(19-32(46)47)42-34(48)28(16-21(2)3)41-35(49)29(40-23(5)45)17-24-12-8-7-9-13-24/h7-15,20-22,28-31,33,39H,6,16-19H2,1-5H3,(H,40,45)(H,41,49)(H,42,48)(H,43,51)(H,44,50)(H,46,47)(H,52,53)/t22-,28-,29+,30-,31-,33-/m0/s1. The van der Waals surface area contributed by atoms with E-state index in [0.29, 0.717) is 12.0 Å². The molecule has 0 aliphatic rings. The molecule has 0 saturated carbocycles. The highest BCUT2D eigenvalue weighted by atomic mass is 16.4. The summed E-state index contributed by atoms with van der Waals surface area (Å²) in [5.74, 6) is -7.11. The number of aromatic amines is 1. The summed E-state index contributed by atoms with van der Waals surface area (Å²) >= 11 is 0. The maximum atomic E-state index is 13.7. The molecule has 1 heterocycles. The molecule has 53 heavy (non-hydrogen) atoms. The summed E-state index contributed by atoms with van der Waals surface area (Å²) in [5.41, 5.74) is 2.22. The minimum atomic E-state index is -1.66. The van der Waals surface area contributed by atoms with E-state index in [-0.39, 0.29) is 25.2 Å². The Hall–Kier alpha value is -5.73. The van der Waals surface area contributed by atoms with Gasteiger partial charge in [-0.2, -0.15) is 0 Å². The fraction of sp³-hybridized carbons (Fsp3) is 0.447. The lowest BCUT2D eigenvalue weighted by Crippen LogP contribution is -2.60. The molecule has 1 aromatic heterocycles. The van der Waals surface area contributed by atoms with Crippen molar-refractivity contribution in [3.05, 3.63) is 71.9 Å². The Balaban J connectivity index is 1.79. The van der Waals surface area contributed by atoms with Crippen LogP contribution in [0.3, 0.4) is 0 Å². The Kier molecular flexibility index (Phi) is 15.5. The van der Waals surface area contributed by atoms with Gasteiger partial charge in [0.2, 0.25) is 29.5 Å². The van der Waals surface area contributed by atoms with Gasteiger partial charge in [-0.1, -0.05) is 82.6 Å². The molecule has 2 aromatic carbocycles. The van der Waals surface area contributed by atoms with Crippen LogP contribution in [0.5, 0.6) is 0 Å². The van der Waals surface area contributed by atoms with Gasteiger partial charge in [0, 0.05) is 36.9 Å². The summed E-state index contributed by atoms with van der Waals surface area (Å²) in [6.07, 6.45) is 1.39. The molecule has 0 aliphatic carbocycles. The molecule has 286 valence electrons. The summed E-state index contributed by atoms with van der Waals surface area (Å²) in [5, 5.41) is 33.2. The molecule has 0 spiro atoms. The van der Waals surface area contributed by atoms with Crippen LogP contribution in [0.15, 0.2) is 60.8 Å². The molecule has 0 saturated heterocycles. The van der Waals surface area contributed by atoms with Crippen molar-refractivity contribution < 1.29 is 43.8 Å². The molecule has 3 rings (SSSR count). The Morgan fingerprint density at radius 1 is 0.679 bits per heavy atom. The van der Waals surface area contributed by atoms with Crippen LogP contribution in [0.4, 0.5) is 0 Å². The van der Waals surface area contributed by atoms with Crippen molar-refractivity contribution in [1.82, 2.24) is 31.6 Å². The average molecular weight is 735 g/mol. The molecule has 0 fully saturated rings. The predicted octanol–water partition coefficient (Wildman–Crippen LogP) is 2.05. The van der Waals surface area contributed by atoms with Crippen molar-refractivity contribution >= 4 is 52.4 Å². The summed E-state index contributed by atoms with van der Waals surface area (Å²) in [7, 11) is 0. The van der Waals surface area contributed by atoms with Crippen LogP contribution >= 0.6 is 0 Å². The van der Waals surface area contributed by atoms with Gasteiger partial charge in [-0.3, -0.25) is 28.8 Å². The second-order valence-corrected chi connectivity index (χ2v) is 13.6. The highest BCUT2D eigenvalue weighted by Gasteiger charge is 2.35. The summed E-state index contributed by atoms with van der Waals surface area (Å²) < 4.78 is 0. The molecule has 3 aromatic rings. The Morgan fingerprint density at radius 3 is 1.87 bits per heavy atom. The molecule has 0 unspecified atom stereocenters. The number of hydrogen-bond donors (Lipinski definition) is 8. The van der Waals surface area contributed by atoms with Crippen LogP contribution in [0, 0.1) is 11.8 Å². The predicted molar refractivity (Wildman–Crippen MR) is 196 cm³/mol. The smallest absolute Gasteiger partial charge is 0.326 e. The van der Waals surface area contributed by atoms with Crippen LogP contribution in [0.2, 0.25) is 0 Å². The van der Waals surface area contributed by atoms with Gasteiger partial charge >= 0.3 is 11.9 Å². The molecular weight excluding hydrogens is 684 g/mol. The van der Waals surface area contributed by atoms with Crippen molar-refractivity contribution in [1.29, 1.82) is 0 Å². The minimum Gasteiger partial charge on any atom is -0.481 e. The van der Waals surface area contributed by atoms with Crippen molar-refractivity contribution in [2.75, 3.05) is 0 Å². The number of nitrogens with one attached hydrogen (secondary N) is 6. The molecule has 8 N–H and O–H groups in total. The van der Waals surface area contributed by atoms with Gasteiger partial charge in [-0.15, -0.1) is 0 Å². The summed E-state index contributed by atoms with van der Waals surface area (Å²) in [6, 6.07) is 9.69. The highest BCUT2D eigenvalue weighted by molar-refractivity contribution is 5.97. The van der Waals surface area contributed by atoms with Gasteiger partial charge < -0.3 is 41.8 Å². The van der Waals surface area contributed by atoms with Crippen LogP contribution in [0.1, 0.15) is 65.0 Å². The van der Waals surface area contributed by atoms with Crippen molar-refractivity contribution in [2.45, 2.75) is 96.9 Å². The fourth-order valence-electron chi connectivity index (χ4n) is 5.87. The van der Waals surface area contributed by atoms with E-state index in [1.807, 2.05) is 24.3 Å². The maximum absolute atomic E-state index is 13.7. The quantitative estimate of drug-likeness (QED) is 0.0847. The summed E-state index contributed by atoms with van der Waals surface area (Å²) in [6.45, 7) is 8.30. The van der Waals surface area contributed by atoms with Gasteiger partial charge in [0.15, 0.2) is 0 Å². The van der Waals surface area contributed by atoms with Crippen LogP contribution in [-0.2, 0) is 46.4 Å². The molecule has 0 radical (unpaired) electrons. The molecule has 0 aliphatic heterocycles. The molecular formula is C38H50N6O9. The topological polar surface area (TPSA) is 236 Å².